The minimum Gasteiger partial charge on any atom is -0.537 e. The van der Waals surface area contributed by atoms with E-state index in [2.05, 4.69) is 24.5 Å². The molecule has 0 heterocycles. The number of carbonyl (C=O) groups excluding carboxylic acids is 2. The predicted molar refractivity (Wildman–Crippen MR) is 85.4 cm³/mol. The minimum absolute atomic E-state index is 0.113. The maximum absolute atomic E-state index is 11.8. The summed E-state index contributed by atoms with van der Waals surface area (Å²) in [5.74, 6) is 0.568. The Bertz CT molecular complexity index is 479. The van der Waals surface area contributed by atoms with Gasteiger partial charge in [0.15, 0.2) is 0 Å². The Kier molecular flexibility index (Phi) is 8.06. The third-order valence-electron chi connectivity index (χ3n) is 3.25. The average molecular weight is 305 g/mol. The van der Waals surface area contributed by atoms with Gasteiger partial charge in [-0.1, -0.05) is 20.3 Å². The summed E-state index contributed by atoms with van der Waals surface area (Å²) < 4.78 is 4.77. The molecular weight excluding hydrogens is 283 g/mol. The molecule has 119 valence electrons. The molecule has 7 heteroatoms. The van der Waals surface area contributed by atoms with E-state index in [4.69, 9.17) is 9.68 Å². The van der Waals surface area contributed by atoms with Gasteiger partial charge in [0.25, 0.3) is 0 Å². The lowest BCUT2D eigenvalue weighted by Gasteiger charge is -2.10. The number of hydrogen-bond acceptors (Lipinski definition) is 4. The first-order valence-electron chi connectivity index (χ1n) is 7.34. The molecule has 1 radical (unpaired) electrons. The van der Waals surface area contributed by atoms with Crippen molar-refractivity contribution in [3.63, 3.8) is 0 Å². The van der Waals surface area contributed by atoms with Gasteiger partial charge in [0, 0.05) is 25.1 Å². The maximum Gasteiger partial charge on any atom is 0.569 e. The van der Waals surface area contributed by atoms with Crippen LogP contribution < -0.4 is 15.3 Å². The van der Waals surface area contributed by atoms with Crippen molar-refractivity contribution in [3.05, 3.63) is 24.3 Å². The van der Waals surface area contributed by atoms with Crippen LogP contribution in [0.25, 0.3) is 0 Å². The molecule has 1 atom stereocenters. The van der Waals surface area contributed by atoms with E-state index in [1.807, 2.05) is 0 Å². The Labute approximate surface area is 131 Å². The van der Waals surface area contributed by atoms with Gasteiger partial charge in [-0.2, -0.15) is 0 Å². The zero-order valence-electron chi connectivity index (χ0n) is 13.0. The Balaban J connectivity index is 2.29. The van der Waals surface area contributed by atoms with Crippen LogP contribution in [0, 0.1) is 5.92 Å². The van der Waals surface area contributed by atoms with E-state index in [1.165, 1.54) is 0 Å². The van der Waals surface area contributed by atoms with Crippen LogP contribution in [-0.4, -0.2) is 31.1 Å². The van der Waals surface area contributed by atoms with Crippen LogP contribution >= 0.6 is 0 Å². The Morgan fingerprint density at radius 1 is 1.23 bits per heavy atom. The summed E-state index contributed by atoms with van der Waals surface area (Å²) in [6, 6.07) is 6.53. The van der Waals surface area contributed by atoms with Crippen molar-refractivity contribution in [3.8, 4) is 5.75 Å². The molecule has 6 nitrogen and oxygen atoms in total. The van der Waals surface area contributed by atoms with E-state index < -0.39 is 0 Å². The summed E-state index contributed by atoms with van der Waals surface area (Å²) in [5, 5.41) is 14.0. The molecule has 0 saturated carbocycles. The highest BCUT2D eigenvalue weighted by molar-refractivity contribution is 6.17. The number of amides is 2. The first-order chi connectivity index (χ1) is 10.5. The van der Waals surface area contributed by atoms with Crippen LogP contribution in [0.2, 0.25) is 0 Å². The van der Waals surface area contributed by atoms with Gasteiger partial charge in [-0.25, -0.2) is 0 Å². The molecule has 3 N–H and O–H groups in total. The number of rotatable bonds is 9. The van der Waals surface area contributed by atoms with Gasteiger partial charge < -0.3 is 20.3 Å². The van der Waals surface area contributed by atoms with Gasteiger partial charge in [0.2, 0.25) is 11.8 Å². The molecule has 22 heavy (non-hydrogen) atoms. The molecule has 2 amide bonds. The lowest BCUT2D eigenvalue weighted by molar-refractivity contribution is -0.124. The molecule has 1 aromatic rings. The largest absolute Gasteiger partial charge is 0.569 e. The monoisotopic (exact) mass is 305 g/mol. The fraction of sp³-hybridized carbons (Fsp3) is 0.467. The summed E-state index contributed by atoms with van der Waals surface area (Å²) >= 11 is 0. The smallest absolute Gasteiger partial charge is 0.537 e. The molecule has 0 aliphatic heterocycles. The van der Waals surface area contributed by atoms with E-state index >= 15 is 0 Å². The van der Waals surface area contributed by atoms with Crippen molar-refractivity contribution in [1.29, 1.82) is 0 Å². The van der Waals surface area contributed by atoms with Crippen LogP contribution in [0.3, 0.4) is 0 Å². The predicted octanol–water partition coefficient (Wildman–Crippen LogP) is 1.47. The second-order valence-corrected chi connectivity index (χ2v) is 5.11. The van der Waals surface area contributed by atoms with Crippen molar-refractivity contribution in [2.45, 2.75) is 33.1 Å². The van der Waals surface area contributed by atoms with Crippen molar-refractivity contribution >= 4 is 25.2 Å². The molecule has 1 unspecified atom stereocenters. The molecule has 0 fully saturated rings. The lowest BCUT2D eigenvalue weighted by atomic mass is 10.1. The Morgan fingerprint density at radius 2 is 1.86 bits per heavy atom. The van der Waals surface area contributed by atoms with Gasteiger partial charge in [0.1, 0.15) is 5.75 Å². The highest BCUT2D eigenvalue weighted by atomic mass is 16.5. The third kappa shape index (κ3) is 7.13. The first-order valence-corrected chi connectivity index (χ1v) is 7.34. The Hall–Kier alpha value is -2.02. The summed E-state index contributed by atoms with van der Waals surface area (Å²) in [4.78, 5) is 23.4. The normalized spacial score (nSPS) is 11.4. The standard InChI is InChI=1S/C15H22BN2O4/c1-3-11(2)10-17-14(19)8-9-15(20)18-12-4-6-13(7-5-12)22-16-21/h4-7,11,21H,3,8-10H2,1-2H3,(H,17,19)(H,18,20). The van der Waals surface area contributed by atoms with E-state index in [-0.39, 0.29) is 24.7 Å². The first kappa shape index (κ1) is 18.0. The number of hydrogen-bond donors (Lipinski definition) is 3. The maximum atomic E-state index is 11.8. The van der Waals surface area contributed by atoms with Crippen LogP contribution in [0.1, 0.15) is 33.1 Å². The molecular formula is C15H22BN2O4. The molecule has 0 spiro atoms. The molecule has 0 aromatic heterocycles. The zero-order valence-corrected chi connectivity index (χ0v) is 13.0. The summed E-state index contributed by atoms with van der Waals surface area (Å²) in [6.07, 6.45) is 1.31. The van der Waals surface area contributed by atoms with Crippen LogP contribution in [0.15, 0.2) is 24.3 Å². The van der Waals surface area contributed by atoms with Gasteiger partial charge in [-0.05, 0) is 30.2 Å². The third-order valence-corrected chi connectivity index (χ3v) is 3.25. The van der Waals surface area contributed by atoms with Gasteiger partial charge in [-0.3, -0.25) is 9.59 Å². The van der Waals surface area contributed by atoms with Crippen LogP contribution in [0.4, 0.5) is 5.69 Å². The Morgan fingerprint density at radius 3 is 2.45 bits per heavy atom. The van der Waals surface area contributed by atoms with Gasteiger partial charge >= 0.3 is 7.69 Å². The lowest BCUT2D eigenvalue weighted by Crippen LogP contribution is -2.28. The number of nitrogens with one attached hydrogen (secondary N) is 2. The molecule has 0 aliphatic carbocycles. The van der Waals surface area contributed by atoms with Crippen molar-refractivity contribution in [1.82, 2.24) is 5.32 Å². The fourth-order valence-corrected chi connectivity index (χ4v) is 1.65. The van der Waals surface area contributed by atoms with E-state index in [1.54, 1.807) is 24.3 Å². The summed E-state index contributed by atoms with van der Waals surface area (Å²) in [7, 11) is 0.589. The molecule has 1 aromatic carbocycles. The quantitative estimate of drug-likeness (QED) is 0.603. The fourth-order valence-electron chi connectivity index (χ4n) is 1.65. The van der Waals surface area contributed by atoms with E-state index in [0.29, 0.717) is 31.6 Å². The number of benzene rings is 1. The van der Waals surface area contributed by atoms with Gasteiger partial charge in [-0.15, -0.1) is 0 Å². The average Bonchev–Trinajstić information content (AvgIpc) is 2.52. The second-order valence-electron chi connectivity index (χ2n) is 5.11. The van der Waals surface area contributed by atoms with Crippen molar-refractivity contribution in [2.24, 2.45) is 5.92 Å². The van der Waals surface area contributed by atoms with Crippen LogP contribution in [-0.2, 0) is 9.59 Å². The highest BCUT2D eigenvalue weighted by Gasteiger charge is 2.08. The molecule has 0 aliphatic rings. The van der Waals surface area contributed by atoms with Gasteiger partial charge in [0.05, 0.1) is 0 Å². The second kappa shape index (κ2) is 9.84. The topological polar surface area (TPSA) is 87.7 Å². The van der Waals surface area contributed by atoms with E-state index in [0.717, 1.165) is 6.42 Å². The SMILES string of the molecule is CCC(C)CNC(=O)CCC(=O)Nc1ccc(O[B]O)cc1. The van der Waals surface area contributed by atoms with E-state index in [9.17, 15) is 9.59 Å². The molecule has 1 rings (SSSR count). The molecule has 0 bridgehead atoms. The summed E-state index contributed by atoms with van der Waals surface area (Å²) in [5.41, 5.74) is 0.607. The number of anilines is 1. The highest BCUT2D eigenvalue weighted by Crippen LogP contribution is 2.15. The number of carbonyl (C=O) groups is 2. The minimum atomic E-state index is -0.221. The summed E-state index contributed by atoms with van der Waals surface area (Å²) in [6.45, 7) is 4.77. The zero-order chi connectivity index (χ0) is 16.4. The van der Waals surface area contributed by atoms with Crippen LogP contribution in [0.5, 0.6) is 5.75 Å². The molecule has 0 saturated heterocycles. The van der Waals surface area contributed by atoms with Crippen molar-refractivity contribution < 1.29 is 19.3 Å². The van der Waals surface area contributed by atoms with Crippen molar-refractivity contribution in [2.75, 3.05) is 11.9 Å².